The molecule has 0 saturated carbocycles. The highest BCUT2D eigenvalue weighted by Gasteiger charge is 2.20. The van der Waals surface area contributed by atoms with Gasteiger partial charge in [-0.05, 0) is 56.0 Å². The number of aromatic nitrogens is 3. The van der Waals surface area contributed by atoms with E-state index in [-0.39, 0.29) is 12.2 Å². The highest BCUT2D eigenvalue weighted by molar-refractivity contribution is 5.91. The average molecular weight is 406 g/mol. The van der Waals surface area contributed by atoms with E-state index in [0.717, 1.165) is 37.9 Å². The summed E-state index contributed by atoms with van der Waals surface area (Å²) in [6.07, 6.45) is 0.722. The van der Waals surface area contributed by atoms with E-state index >= 15 is 0 Å². The van der Waals surface area contributed by atoms with Crippen LogP contribution in [-0.4, -0.2) is 26.8 Å². The molecule has 0 atom stereocenters. The minimum absolute atomic E-state index is 0.0563. The molecular formula is C23H26N4O3. The maximum Gasteiger partial charge on any atom is 0.352 e. The second-order valence-corrected chi connectivity index (χ2v) is 7.45. The number of nitrogens with one attached hydrogen (secondary N) is 1. The van der Waals surface area contributed by atoms with Gasteiger partial charge in [0, 0.05) is 6.54 Å². The quantitative estimate of drug-likeness (QED) is 0.682. The molecule has 0 aliphatic carbocycles. The maximum absolute atomic E-state index is 13.2. The number of hydrogen-bond acceptors (Lipinski definition) is 4. The summed E-state index contributed by atoms with van der Waals surface area (Å²) in [5, 5.41) is 6.82. The SMILES string of the molecule is CCCNC(=O)c1nn(-c2ccc(C)c(C)c2)c(=O)n(Cc2cccc(C)c2)c1=O. The minimum atomic E-state index is -0.699. The van der Waals surface area contributed by atoms with Crippen LogP contribution in [0.5, 0.6) is 0 Å². The van der Waals surface area contributed by atoms with Gasteiger partial charge in [0.05, 0.1) is 12.2 Å². The number of hydrogen-bond donors (Lipinski definition) is 1. The first kappa shape index (κ1) is 21.2. The van der Waals surface area contributed by atoms with E-state index in [1.165, 1.54) is 0 Å². The Bertz CT molecular complexity index is 1210. The third-order valence-electron chi connectivity index (χ3n) is 4.97. The summed E-state index contributed by atoms with van der Waals surface area (Å²) in [6, 6.07) is 13.0. The second-order valence-electron chi connectivity index (χ2n) is 7.45. The fourth-order valence-corrected chi connectivity index (χ4v) is 3.14. The number of aryl methyl sites for hydroxylation is 3. The monoisotopic (exact) mass is 406 g/mol. The van der Waals surface area contributed by atoms with Crippen molar-refractivity contribution in [1.82, 2.24) is 19.7 Å². The molecule has 30 heavy (non-hydrogen) atoms. The van der Waals surface area contributed by atoms with Gasteiger partial charge in [0.1, 0.15) is 0 Å². The molecule has 1 amide bonds. The van der Waals surface area contributed by atoms with Gasteiger partial charge in [0.2, 0.25) is 5.69 Å². The molecule has 1 N–H and O–H groups in total. The Labute approximate surface area is 175 Å². The third-order valence-corrected chi connectivity index (χ3v) is 4.97. The molecule has 0 radical (unpaired) electrons. The standard InChI is InChI=1S/C23H26N4O3/c1-5-11-24-21(28)20-22(29)26(14-18-8-6-7-15(2)12-18)23(30)27(25-20)19-10-9-16(3)17(4)13-19/h6-10,12-13H,5,11,14H2,1-4H3,(H,24,28). The van der Waals surface area contributed by atoms with Crippen LogP contribution in [0.25, 0.3) is 5.69 Å². The van der Waals surface area contributed by atoms with E-state index in [1.54, 1.807) is 6.07 Å². The van der Waals surface area contributed by atoms with Crippen LogP contribution in [0.3, 0.4) is 0 Å². The van der Waals surface area contributed by atoms with E-state index in [2.05, 4.69) is 10.4 Å². The number of benzene rings is 2. The topological polar surface area (TPSA) is 86.0 Å². The predicted octanol–water partition coefficient (Wildman–Crippen LogP) is 2.51. The highest BCUT2D eigenvalue weighted by atomic mass is 16.2. The number of carbonyl (C=O) groups excluding carboxylic acids is 1. The van der Waals surface area contributed by atoms with Crippen molar-refractivity contribution in [2.75, 3.05) is 6.54 Å². The van der Waals surface area contributed by atoms with Crippen molar-refractivity contribution in [3.63, 3.8) is 0 Å². The summed E-state index contributed by atoms with van der Waals surface area (Å²) in [6.45, 7) is 8.23. The number of carbonyl (C=O) groups is 1. The largest absolute Gasteiger partial charge is 0.352 e. The van der Waals surface area contributed by atoms with Crippen molar-refractivity contribution < 1.29 is 4.79 Å². The van der Waals surface area contributed by atoms with Crippen LogP contribution < -0.4 is 16.6 Å². The zero-order valence-electron chi connectivity index (χ0n) is 17.7. The molecule has 0 unspecified atom stereocenters. The van der Waals surface area contributed by atoms with Gasteiger partial charge in [-0.3, -0.25) is 14.2 Å². The van der Waals surface area contributed by atoms with E-state index < -0.39 is 17.2 Å². The molecule has 7 heteroatoms. The molecule has 0 bridgehead atoms. The Hall–Kier alpha value is -3.48. The fraction of sp³-hybridized carbons (Fsp3) is 0.304. The first-order chi connectivity index (χ1) is 14.3. The number of amides is 1. The summed E-state index contributed by atoms with van der Waals surface area (Å²) >= 11 is 0. The van der Waals surface area contributed by atoms with Gasteiger partial charge in [-0.15, -0.1) is 0 Å². The summed E-state index contributed by atoms with van der Waals surface area (Å²) in [5.41, 5.74) is 2.79. The van der Waals surface area contributed by atoms with E-state index in [4.69, 9.17) is 0 Å². The van der Waals surface area contributed by atoms with Crippen molar-refractivity contribution >= 4 is 5.91 Å². The molecule has 0 fully saturated rings. The lowest BCUT2D eigenvalue weighted by Gasteiger charge is -2.13. The lowest BCUT2D eigenvalue weighted by molar-refractivity contribution is 0.0944. The molecular weight excluding hydrogens is 380 g/mol. The number of rotatable bonds is 6. The zero-order valence-corrected chi connectivity index (χ0v) is 17.7. The molecule has 0 aliphatic heterocycles. The highest BCUT2D eigenvalue weighted by Crippen LogP contribution is 2.12. The summed E-state index contributed by atoms with van der Waals surface area (Å²) < 4.78 is 2.20. The normalized spacial score (nSPS) is 10.8. The molecule has 3 aromatic rings. The van der Waals surface area contributed by atoms with Crippen LogP contribution in [0.2, 0.25) is 0 Å². The Kier molecular flexibility index (Phi) is 6.30. The molecule has 2 aromatic carbocycles. The fourth-order valence-electron chi connectivity index (χ4n) is 3.14. The van der Waals surface area contributed by atoms with Gasteiger partial charge in [-0.25, -0.2) is 4.79 Å². The molecule has 3 rings (SSSR count). The zero-order chi connectivity index (χ0) is 21.8. The van der Waals surface area contributed by atoms with E-state index in [1.807, 2.05) is 64.1 Å². The predicted molar refractivity (Wildman–Crippen MR) is 116 cm³/mol. The average Bonchev–Trinajstić information content (AvgIpc) is 2.71. The van der Waals surface area contributed by atoms with Crippen molar-refractivity contribution in [3.8, 4) is 5.69 Å². The molecule has 156 valence electrons. The Morgan fingerprint density at radius 3 is 2.47 bits per heavy atom. The molecule has 1 aromatic heterocycles. The summed E-state index contributed by atoms with van der Waals surface area (Å²) in [7, 11) is 0. The first-order valence-electron chi connectivity index (χ1n) is 9.97. The van der Waals surface area contributed by atoms with Crippen molar-refractivity contribution in [2.45, 2.75) is 40.7 Å². The van der Waals surface area contributed by atoms with Crippen LogP contribution in [0.15, 0.2) is 52.1 Å². The van der Waals surface area contributed by atoms with Crippen LogP contribution in [-0.2, 0) is 6.54 Å². The number of nitrogens with zero attached hydrogens (tertiary/aromatic N) is 3. The lowest BCUT2D eigenvalue weighted by atomic mass is 10.1. The Balaban J connectivity index is 2.21. The van der Waals surface area contributed by atoms with Gasteiger partial charge >= 0.3 is 5.69 Å². The van der Waals surface area contributed by atoms with Crippen LogP contribution in [0.4, 0.5) is 0 Å². The van der Waals surface area contributed by atoms with E-state index in [9.17, 15) is 14.4 Å². The first-order valence-corrected chi connectivity index (χ1v) is 9.97. The smallest absolute Gasteiger partial charge is 0.350 e. The molecule has 0 saturated heterocycles. The van der Waals surface area contributed by atoms with Gasteiger partial charge in [-0.1, -0.05) is 42.8 Å². The third kappa shape index (κ3) is 4.40. The Morgan fingerprint density at radius 1 is 1.03 bits per heavy atom. The van der Waals surface area contributed by atoms with Crippen LogP contribution in [0, 0.1) is 20.8 Å². The van der Waals surface area contributed by atoms with Crippen molar-refractivity contribution in [3.05, 3.63) is 91.3 Å². The van der Waals surface area contributed by atoms with Gasteiger partial charge in [0.15, 0.2) is 0 Å². The summed E-state index contributed by atoms with van der Waals surface area (Å²) in [5.74, 6) is -0.586. The van der Waals surface area contributed by atoms with Crippen LogP contribution >= 0.6 is 0 Å². The molecule has 1 heterocycles. The van der Waals surface area contributed by atoms with Gasteiger partial charge in [0.25, 0.3) is 11.5 Å². The van der Waals surface area contributed by atoms with Gasteiger partial charge in [-0.2, -0.15) is 9.78 Å². The van der Waals surface area contributed by atoms with Crippen molar-refractivity contribution in [2.24, 2.45) is 0 Å². The maximum atomic E-state index is 13.2. The van der Waals surface area contributed by atoms with Crippen molar-refractivity contribution in [1.29, 1.82) is 0 Å². The second kappa shape index (κ2) is 8.90. The summed E-state index contributed by atoms with van der Waals surface area (Å²) in [4.78, 5) is 38.8. The Morgan fingerprint density at radius 2 is 1.80 bits per heavy atom. The van der Waals surface area contributed by atoms with E-state index in [0.29, 0.717) is 12.2 Å². The lowest BCUT2D eigenvalue weighted by Crippen LogP contribution is -2.46. The minimum Gasteiger partial charge on any atom is -0.350 e. The molecule has 7 nitrogen and oxygen atoms in total. The van der Waals surface area contributed by atoms with Gasteiger partial charge < -0.3 is 5.32 Å². The molecule has 0 aliphatic rings. The molecule has 0 spiro atoms. The van der Waals surface area contributed by atoms with Crippen LogP contribution in [0.1, 0.15) is 46.1 Å².